The minimum atomic E-state index is -0.396. The van der Waals surface area contributed by atoms with E-state index in [1.165, 1.54) is 0 Å². The Balaban J connectivity index is 1.99. The van der Waals surface area contributed by atoms with E-state index >= 15 is 0 Å². The van der Waals surface area contributed by atoms with Gasteiger partial charge in [-0.1, -0.05) is 18.2 Å². The molecule has 0 unspecified atom stereocenters. The molecule has 2 aromatic carbocycles. The summed E-state index contributed by atoms with van der Waals surface area (Å²) in [6.07, 6.45) is 0. The molecule has 3 nitrogen and oxygen atoms in total. The molecule has 0 aliphatic heterocycles. The smallest absolute Gasteiger partial charge is 0.248 e. The number of thioether (sulfide) groups is 1. The topological polar surface area (TPSA) is 52.3 Å². The number of hydrogen-bond acceptors (Lipinski definition) is 3. The SMILES string of the molecule is COc1cccc(SCc2ccc(C(N)=O)cc2)c1. The predicted octanol–water partition coefficient (Wildman–Crippen LogP) is 3.09. The highest BCUT2D eigenvalue weighted by molar-refractivity contribution is 7.98. The second-order valence-corrected chi connectivity index (χ2v) is 5.08. The Bertz CT molecular complexity index is 567. The van der Waals surface area contributed by atoms with Crippen molar-refractivity contribution in [3.8, 4) is 5.75 Å². The summed E-state index contributed by atoms with van der Waals surface area (Å²) in [5, 5.41) is 0. The summed E-state index contributed by atoms with van der Waals surface area (Å²) >= 11 is 1.72. The van der Waals surface area contributed by atoms with Gasteiger partial charge in [0, 0.05) is 16.2 Å². The van der Waals surface area contributed by atoms with E-state index in [0.29, 0.717) is 5.56 Å². The summed E-state index contributed by atoms with van der Waals surface area (Å²) in [6.45, 7) is 0. The number of amides is 1. The fraction of sp³-hybridized carbons (Fsp3) is 0.133. The maximum atomic E-state index is 11.0. The maximum absolute atomic E-state index is 11.0. The van der Waals surface area contributed by atoms with Gasteiger partial charge >= 0.3 is 0 Å². The van der Waals surface area contributed by atoms with Gasteiger partial charge in [0.05, 0.1) is 7.11 Å². The van der Waals surface area contributed by atoms with Gasteiger partial charge in [0.15, 0.2) is 0 Å². The average molecular weight is 273 g/mol. The van der Waals surface area contributed by atoms with E-state index in [4.69, 9.17) is 10.5 Å². The second kappa shape index (κ2) is 6.29. The molecule has 0 heterocycles. The van der Waals surface area contributed by atoms with Crippen LogP contribution in [0.15, 0.2) is 53.4 Å². The summed E-state index contributed by atoms with van der Waals surface area (Å²) < 4.78 is 5.18. The molecular weight excluding hydrogens is 258 g/mol. The molecule has 0 fully saturated rings. The number of nitrogens with two attached hydrogens (primary N) is 1. The molecule has 1 amide bonds. The molecule has 0 atom stereocenters. The summed E-state index contributed by atoms with van der Waals surface area (Å²) in [5.41, 5.74) is 6.89. The molecule has 0 saturated carbocycles. The largest absolute Gasteiger partial charge is 0.497 e. The molecule has 2 aromatic rings. The number of carbonyl (C=O) groups is 1. The van der Waals surface area contributed by atoms with Gasteiger partial charge < -0.3 is 10.5 Å². The Labute approximate surface area is 116 Å². The highest BCUT2D eigenvalue weighted by Gasteiger charge is 2.01. The van der Waals surface area contributed by atoms with Crippen LogP contribution in [0.25, 0.3) is 0 Å². The minimum Gasteiger partial charge on any atom is -0.497 e. The van der Waals surface area contributed by atoms with Crippen molar-refractivity contribution in [2.75, 3.05) is 7.11 Å². The number of benzene rings is 2. The summed E-state index contributed by atoms with van der Waals surface area (Å²) in [5.74, 6) is 1.30. The molecule has 0 aromatic heterocycles. The number of carbonyl (C=O) groups excluding carboxylic acids is 1. The Morgan fingerprint density at radius 1 is 1.21 bits per heavy atom. The third kappa shape index (κ3) is 3.76. The molecule has 0 spiro atoms. The third-order valence-corrected chi connectivity index (χ3v) is 3.75. The van der Waals surface area contributed by atoms with Crippen LogP contribution in [0.1, 0.15) is 15.9 Å². The van der Waals surface area contributed by atoms with Crippen molar-refractivity contribution in [1.82, 2.24) is 0 Å². The second-order valence-electron chi connectivity index (χ2n) is 4.03. The van der Waals surface area contributed by atoms with Gasteiger partial charge in [-0.2, -0.15) is 0 Å². The Morgan fingerprint density at radius 3 is 2.58 bits per heavy atom. The lowest BCUT2D eigenvalue weighted by atomic mass is 10.1. The van der Waals surface area contributed by atoms with Crippen LogP contribution in [0.5, 0.6) is 5.75 Å². The highest BCUT2D eigenvalue weighted by atomic mass is 32.2. The van der Waals surface area contributed by atoms with E-state index in [0.717, 1.165) is 22.0 Å². The van der Waals surface area contributed by atoms with Crippen molar-refractivity contribution in [3.63, 3.8) is 0 Å². The molecule has 98 valence electrons. The first kappa shape index (κ1) is 13.5. The summed E-state index contributed by atoms with van der Waals surface area (Å²) in [7, 11) is 1.66. The van der Waals surface area contributed by atoms with Crippen molar-refractivity contribution in [1.29, 1.82) is 0 Å². The molecule has 4 heteroatoms. The van der Waals surface area contributed by atoms with Crippen LogP contribution >= 0.6 is 11.8 Å². The third-order valence-electron chi connectivity index (χ3n) is 2.69. The van der Waals surface area contributed by atoms with Crippen molar-refractivity contribution in [3.05, 3.63) is 59.7 Å². The predicted molar refractivity (Wildman–Crippen MR) is 77.5 cm³/mol. The standard InChI is InChI=1S/C15H15NO2S/c1-18-13-3-2-4-14(9-13)19-10-11-5-7-12(8-6-11)15(16)17/h2-9H,10H2,1H3,(H2,16,17). The Kier molecular flexibility index (Phi) is 4.47. The van der Waals surface area contributed by atoms with Crippen LogP contribution in [0, 0.1) is 0 Å². The van der Waals surface area contributed by atoms with Crippen LogP contribution in [0.2, 0.25) is 0 Å². The van der Waals surface area contributed by atoms with Crippen LogP contribution < -0.4 is 10.5 Å². The van der Waals surface area contributed by atoms with Gasteiger partial charge in [-0.25, -0.2) is 0 Å². The van der Waals surface area contributed by atoms with Crippen LogP contribution in [0.3, 0.4) is 0 Å². The summed E-state index contributed by atoms with van der Waals surface area (Å²) in [4.78, 5) is 12.1. The monoisotopic (exact) mass is 273 g/mol. The van der Waals surface area contributed by atoms with Crippen molar-refractivity contribution >= 4 is 17.7 Å². The quantitative estimate of drug-likeness (QED) is 0.852. The molecule has 0 aliphatic rings. The maximum Gasteiger partial charge on any atom is 0.248 e. The molecule has 19 heavy (non-hydrogen) atoms. The first-order valence-corrected chi connectivity index (χ1v) is 6.83. The van der Waals surface area contributed by atoms with Crippen LogP contribution in [0.4, 0.5) is 0 Å². The van der Waals surface area contributed by atoms with Gasteiger partial charge in [-0.05, 0) is 35.9 Å². The zero-order chi connectivity index (χ0) is 13.7. The van der Waals surface area contributed by atoms with Crippen LogP contribution in [-0.4, -0.2) is 13.0 Å². The normalized spacial score (nSPS) is 10.2. The first-order chi connectivity index (χ1) is 9.19. The van der Waals surface area contributed by atoms with Crippen molar-refractivity contribution in [2.45, 2.75) is 10.6 Å². The van der Waals surface area contributed by atoms with Gasteiger partial charge in [0.25, 0.3) is 0 Å². The van der Waals surface area contributed by atoms with Crippen molar-refractivity contribution < 1.29 is 9.53 Å². The number of rotatable bonds is 5. The lowest BCUT2D eigenvalue weighted by molar-refractivity contribution is 0.100. The molecule has 0 saturated heterocycles. The van der Waals surface area contributed by atoms with E-state index in [9.17, 15) is 4.79 Å². The van der Waals surface area contributed by atoms with Crippen LogP contribution in [-0.2, 0) is 5.75 Å². The van der Waals surface area contributed by atoms with Gasteiger partial charge in [0.2, 0.25) is 5.91 Å². The van der Waals surface area contributed by atoms with E-state index in [1.54, 1.807) is 31.0 Å². The minimum absolute atomic E-state index is 0.396. The molecule has 2 N–H and O–H groups in total. The average Bonchev–Trinajstić information content (AvgIpc) is 2.46. The lowest BCUT2D eigenvalue weighted by Crippen LogP contribution is -2.10. The number of ether oxygens (including phenoxy) is 1. The fourth-order valence-corrected chi connectivity index (χ4v) is 2.52. The molecule has 0 bridgehead atoms. The molecule has 0 aliphatic carbocycles. The zero-order valence-corrected chi connectivity index (χ0v) is 11.4. The number of hydrogen-bond donors (Lipinski definition) is 1. The molecular formula is C15H15NO2S. The van der Waals surface area contributed by atoms with Gasteiger partial charge in [-0.15, -0.1) is 11.8 Å². The van der Waals surface area contributed by atoms with Crippen molar-refractivity contribution in [2.24, 2.45) is 5.73 Å². The lowest BCUT2D eigenvalue weighted by Gasteiger charge is -2.05. The van der Waals surface area contributed by atoms with E-state index < -0.39 is 5.91 Å². The molecule has 0 radical (unpaired) electrons. The fourth-order valence-electron chi connectivity index (χ4n) is 1.62. The van der Waals surface area contributed by atoms with Gasteiger partial charge in [-0.3, -0.25) is 4.79 Å². The Morgan fingerprint density at radius 2 is 1.95 bits per heavy atom. The number of methoxy groups -OCH3 is 1. The van der Waals surface area contributed by atoms with E-state index in [2.05, 4.69) is 0 Å². The summed E-state index contributed by atoms with van der Waals surface area (Å²) in [6, 6.07) is 15.3. The number of primary amides is 1. The first-order valence-electron chi connectivity index (χ1n) is 5.84. The van der Waals surface area contributed by atoms with Gasteiger partial charge in [0.1, 0.15) is 5.75 Å². The van der Waals surface area contributed by atoms with E-state index in [1.807, 2.05) is 36.4 Å². The molecule has 2 rings (SSSR count). The zero-order valence-electron chi connectivity index (χ0n) is 10.6. The Hall–Kier alpha value is -1.94. The van der Waals surface area contributed by atoms with E-state index in [-0.39, 0.29) is 0 Å². The highest BCUT2D eigenvalue weighted by Crippen LogP contribution is 2.26.